The van der Waals surface area contributed by atoms with Crippen LogP contribution < -0.4 is 0 Å². The van der Waals surface area contributed by atoms with Crippen molar-refractivity contribution in [2.24, 2.45) is 0 Å². The van der Waals surface area contributed by atoms with E-state index in [4.69, 9.17) is 5.11 Å². The molecular weight excluding hydrogens is 363 g/mol. The first-order valence-electron chi connectivity index (χ1n) is 8.40. The number of carboxylic acid groups (broad SMARTS) is 1. The molecular formula is C22H28FO2Ti. The Balaban J connectivity index is 0.000000445. The van der Waals surface area contributed by atoms with Crippen LogP contribution in [0.25, 0.3) is 0 Å². The van der Waals surface area contributed by atoms with Gasteiger partial charge in [0.1, 0.15) is 5.82 Å². The maximum Gasteiger partial charge on any atom is 3.00 e. The van der Waals surface area contributed by atoms with Crippen molar-refractivity contribution in [1.29, 1.82) is 0 Å². The normalized spacial score (nSPS) is 17.1. The molecule has 2 nitrogen and oxygen atoms in total. The van der Waals surface area contributed by atoms with Gasteiger partial charge >= 0.3 is 27.7 Å². The van der Waals surface area contributed by atoms with Gasteiger partial charge in [0.25, 0.3) is 0 Å². The van der Waals surface area contributed by atoms with Gasteiger partial charge in [0.15, 0.2) is 0 Å². The summed E-state index contributed by atoms with van der Waals surface area (Å²) >= 11 is 0. The van der Waals surface area contributed by atoms with Gasteiger partial charge in [-0.1, -0.05) is 24.8 Å². The quantitative estimate of drug-likeness (QED) is 0.446. The monoisotopic (exact) mass is 391 g/mol. The fourth-order valence-corrected chi connectivity index (χ4v) is 3.71. The summed E-state index contributed by atoms with van der Waals surface area (Å²) in [7, 11) is 0. The number of carbonyl (C=O) groups is 1. The molecule has 4 heteroatoms. The molecule has 0 spiro atoms. The Hall–Kier alpha value is -1.32. The predicted molar refractivity (Wildman–Crippen MR) is 101 cm³/mol. The number of allylic oxidation sites excluding steroid dienone is 4. The first kappa shape index (κ1) is 24.7. The second-order valence-corrected chi connectivity index (χ2v) is 6.38. The molecule has 0 atom stereocenters. The second kappa shape index (κ2) is 11.4. The van der Waals surface area contributed by atoms with E-state index in [0.29, 0.717) is 0 Å². The molecule has 0 aliphatic heterocycles. The van der Waals surface area contributed by atoms with E-state index >= 15 is 0 Å². The number of hydrogen-bond acceptors (Lipinski definition) is 1. The molecule has 0 bridgehead atoms. The Kier molecular flexibility index (Phi) is 10.8. The van der Waals surface area contributed by atoms with Crippen LogP contribution >= 0.6 is 0 Å². The summed E-state index contributed by atoms with van der Waals surface area (Å²) in [6, 6.07) is 4.67. The van der Waals surface area contributed by atoms with Gasteiger partial charge in [-0.05, 0) is 49.9 Å². The van der Waals surface area contributed by atoms with Crippen LogP contribution in [0.1, 0.15) is 61.7 Å². The molecule has 26 heavy (non-hydrogen) atoms. The van der Waals surface area contributed by atoms with E-state index in [1.54, 1.807) is 22.3 Å². The molecule has 3 aliphatic carbocycles. The van der Waals surface area contributed by atoms with Crippen molar-refractivity contribution in [3.63, 3.8) is 0 Å². The molecule has 0 unspecified atom stereocenters. The van der Waals surface area contributed by atoms with Crippen molar-refractivity contribution in [2.45, 2.75) is 51.4 Å². The Bertz CT molecular complexity index is 629. The average molecular weight is 391 g/mol. The van der Waals surface area contributed by atoms with Crippen LogP contribution in [0.3, 0.4) is 0 Å². The third kappa shape index (κ3) is 5.85. The largest absolute Gasteiger partial charge is 3.00 e. The van der Waals surface area contributed by atoms with E-state index in [9.17, 15) is 9.18 Å². The number of fused-ring (bicyclic) bond motifs is 1. The minimum absolute atomic E-state index is 0. The fourth-order valence-electron chi connectivity index (χ4n) is 3.71. The molecule has 0 saturated carbocycles. The smallest absolute Gasteiger partial charge is 0.478 e. The Labute approximate surface area is 172 Å². The van der Waals surface area contributed by atoms with Gasteiger partial charge < -0.3 is 20.0 Å². The molecule has 0 amide bonds. The molecule has 0 aromatic heterocycles. The van der Waals surface area contributed by atoms with Crippen LogP contribution in [0.5, 0.6) is 0 Å². The summed E-state index contributed by atoms with van der Waals surface area (Å²) in [5.41, 5.74) is 7.16. The van der Waals surface area contributed by atoms with Crippen molar-refractivity contribution < 1.29 is 36.0 Å². The van der Waals surface area contributed by atoms with Gasteiger partial charge in [0.05, 0.1) is 5.56 Å². The van der Waals surface area contributed by atoms with Gasteiger partial charge in [-0.2, -0.15) is 5.57 Å². The number of hydrogen-bond donors (Lipinski definition) is 1. The average Bonchev–Trinajstić information content (AvgIpc) is 2.94. The molecule has 0 fully saturated rings. The molecule has 1 N–H and O–H groups in total. The van der Waals surface area contributed by atoms with Gasteiger partial charge in [-0.3, -0.25) is 0 Å². The van der Waals surface area contributed by atoms with E-state index in [0.717, 1.165) is 12.1 Å². The number of halogens is 1. The van der Waals surface area contributed by atoms with Gasteiger partial charge in [-0.25, -0.2) is 21.2 Å². The fraction of sp³-hybridized carbons (Fsp3) is 0.364. The zero-order valence-corrected chi connectivity index (χ0v) is 17.3. The molecule has 1 aromatic carbocycles. The molecule has 4 rings (SSSR count). The van der Waals surface area contributed by atoms with Gasteiger partial charge in [0.2, 0.25) is 0 Å². The molecule has 3 aliphatic rings. The maximum atomic E-state index is 12.2. The SMILES string of the molecule is O=C(O)c1ccc(F)cc1.[CH-]1CCCC2=C1CC1=C2CCCC1.[CH3-].[CH3-].[Ti+3]. The summed E-state index contributed by atoms with van der Waals surface area (Å²) in [6.07, 6.45) is 13.6. The third-order valence-electron chi connectivity index (χ3n) is 4.85. The van der Waals surface area contributed by atoms with Crippen LogP contribution in [0, 0.1) is 27.1 Å². The van der Waals surface area contributed by atoms with Crippen LogP contribution in [0.4, 0.5) is 4.39 Å². The minimum Gasteiger partial charge on any atom is -0.478 e. The topological polar surface area (TPSA) is 37.3 Å². The summed E-state index contributed by atoms with van der Waals surface area (Å²) in [4.78, 5) is 10.2. The van der Waals surface area contributed by atoms with Crippen molar-refractivity contribution >= 4 is 5.97 Å². The molecule has 1 radical (unpaired) electrons. The maximum absolute atomic E-state index is 12.2. The van der Waals surface area contributed by atoms with Crippen LogP contribution in [0.2, 0.25) is 0 Å². The number of rotatable bonds is 1. The van der Waals surface area contributed by atoms with E-state index in [-0.39, 0.29) is 42.1 Å². The summed E-state index contributed by atoms with van der Waals surface area (Å²) in [5.74, 6) is -1.47. The van der Waals surface area contributed by atoms with Crippen LogP contribution in [-0.2, 0) is 21.7 Å². The number of benzene rings is 1. The predicted octanol–water partition coefficient (Wildman–Crippen LogP) is 6.37. The summed E-state index contributed by atoms with van der Waals surface area (Å²) < 4.78 is 12.2. The van der Waals surface area contributed by atoms with E-state index in [2.05, 4.69) is 6.42 Å². The first-order chi connectivity index (χ1) is 11.1. The van der Waals surface area contributed by atoms with Crippen LogP contribution in [-0.4, -0.2) is 11.1 Å². The standard InChI is InChI=1S/C13H17.C7H5FO2.2CH3.Ti/c1-3-7-12-10(5-1)9-11-6-2-4-8-13(11)12;8-6-3-1-5(2-4-6)7(9)10;;;/h5H,1-4,6-9H2;1-4H,(H,9,10);2*1H3;/q-1;;2*-1;+3. The van der Waals surface area contributed by atoms with E-state index < -0.39 is 11.8 Å². The Morgan fingerprint density at radius 3 is 2.23 bits per heavy atom. The number of aromatic carboxylic acids is 1. The first-order valence-corrected chi connectivity index (χ1v) is 8.40. The minimum atomic E-state index is -1.04. The van der Waals surface area contributed by atoms with Crippen molar-refractivity contribution in [1.82, 2.24) is 0 Å². The Morgan fingerprint density at radius 1 is 0.962 bits per heavy atom. The molecule has 1 aromatic rings. The van der Waals surface area contributed by atoms with Crippen LogP contribution in [0.15, 0.2) is 46.6 Å². The molecule has 0 saturated heterocycles. The zero-order chi connectivity index (χ0) is 16.2. The summed E-state index contributed by atoms with van der Waals surface area (Å²) in [5, 5.41) is 8.35. The van der Waals surface area contributed by atoms with E-state index in [1.807, 2.05) is 0 Å². The molecule has 139 valence electrons. The van der Waals surface area contributed by atoms with Crippen molar-refractivity contribution in [3.05, 3.63) is 79.2 Å². The Morgan fingerprint density at radius 2 is 1.58 bits per heavy atom. The van der Waals surface area contributed by atoms with Crippen molar-refractivity contribution in [2.75, 3.05) is 0 Å². The van der Waals surface area contributed by atoms with Crippen molar-refractivity contribution in [3.8, 4) is 0 Å². The zero-order valence-electron chi connectivity index (χ0n) is 15.8. The third-order valence-corrected chi connectivity index (χ3v) is 4.85. The molecule has 0 heterocycles. The van der Waals surface area contributed by atoms with Gasteiger partial charge in [0, 0.05) is 0 Å². The second-order valence-electron chi connectivity index (χ2n) is 6.38. The van der Waals surface area contributed by atoms with E-state index in [1.165, 1.54) is 63.5 Å². The summed E-state index contributed by atoms with van der Waals surface area (Å²) in [6.45, 7) is 0. The van der Waals surface area contributed by atoms with Gasteiger partial charge in [-0.15, -0.1) is 12.0 Å². The number of carboxylic acids is 1.